The molecular formula is C34H33NO4S. The van der Waals surface area contributed by atoms with Gasteiger partial charge in [0.25, 0.3) is 0 Å². The molecule has 4 aromatic carbocycles. The second kappa shape index (κ2) is 13.4. The van der Waals surface area contributed by atoms with Crippen LogP contribution in [0.25, 0.3) is 20.2 Å². The standard InChI is InChI=1S/C34H33NO4S/c1-2-35(20-8-22-38-27-16-14-26(15-17-27)33(36)25-10-4-3-5-11-25)21-9-23-39-28-18-19-32-30(24-28)34(37)29-12-6-7-13-31(29)40-32/h3-7,10-19,24H,2,8-9,20-23H2,1H3. The molecule has 5 rings (SSSR count). The number of fused-ring (bicyclic) bond motifs is 2. The van der Waals surface area contributed by atoms with Crippen LogP contribution in [0.1, 0.15) is 35.7 Å². The van der Waals surface area contributed by atoms with Gasteiger partial charge in [-0.1, -0.05) is 49.4 Å². The van der Waals surface area contributed by atoms with Crippen LogP contribution in [0.2, 0.25) is 0 Å². The fraction of sp³-hybridized carbons (Fsp3) is 0.235. The van der Waals surface area contributed by atoms with E-state index in [1.54, 1.807) is 11.3 Å². The van der Waals surface area contributed by atoms with E-state index in [9.17, 15) is 9.59 Å². The van der Waals surface area contributed by atoms with Gasteiger partial charge in [-0.3, -0.25) is 9.59 Å². The van der Waals surface area contributed by atoms with E-state index in [0.29, 0.717) is 29.7 Å². The summed E-state index contributed by atoms with van der Waals surface area (Å²) in [6, 6.07) is 30.2. The third kappa shape index (κ3) is 6.76. The van der Waals surface area contributed by atoms with Crippen LogP contribution in [0.5, 0.6) is 11.5 Å². The van der Waals surface area contributed by atoms with Crippen LogP contribution in [0.4, 0.5) is 0 Å². The zero-order chi connectivity index (χ0) is 27.7. The monoisotopic (exact) mass is 551 g/mol. The summed E-state index contributed by atoms with van der Waals surface area (Å²) < 4.78 is 13.9. The molecule has 0 radical (unpaired) electrons. The van der Waals surface area contributed by atoms with Gasteiger partial charge in [0.2, 0.25) is 0 Å². The normalized spacial score (nSPS) is 11.2. The molecule has 6 heteroatoms. The number of hydrogen-bond acceptors (Lipinski definition) is 6. The Hall–Kier alpha value is -4.00. The van der Waals surface area contributed by atoms with Crippen molar-refractivity contribution in [1.29, 1.82) is 0 Å². The maximum absolute atomic E-state index is 12.9. The van der Waals surface area contributed by atoms with Gasteiger partial charge >= 0.3 is 0 Å². The number of ether oxygens (including phenoxy) is 2. The van der Waals surface area contributed by atoms with E-state index < -0.39 is 0 Å². The molecule has 0 saturated heterocycles. The van der Waals surface area contributed by atoms with Gasteiger partial charge in [0, 0.05) is 44.4 Å². The average molecular weight is 552 g/mol. The summed E-state index contributed by atoms with van der Waals surface area (Å²) in [5, 5.41) is 1.48. The number of rotatable bonds is 13. The number of ketones is 1. The third-order valence-electron chi connectivity index (χ3n) is 6.92. The summed E-state index contributed by atoms with van der Waals surface area (Å²) in [7, 11) is 0. The predicted octanol–water partition coefficient (Wildman–Crippen LogP) is 7.21. The van der Waals surface area contributed by atoms with Crippen LogP contribution in [0.3, 0.4) is 0 Å². The van der Waals surface area contributed by atoms with Gasteiger partial charge in [0.15, 0.2) is 11.2 Å². The van der Waals surface area contributed by atoms with Gasteiger partial charge in [-0.05, 0) is 74.0 Å². The number of hydrogen-bond donors (Lipinski definition) is 0. The van der Waals surface area contributed by atoms with Gasteiger partial charge in [-0.2, -0.15) is 0 Å². The first-order valence-electron chi connectivity index (χ1n) is 13.8. The lowest BCUT2D eigenvalue weighted by Gasteiger charge is -2.20. The van der Waals surface area contributed by atoms with Crippen molar-refractivity contribution in [2.75, 3.05) is 32.8 Å². The summed E-state index contributed by atoms with van der Waals surface area (Å²) in [5.41, 5.74) is 1.40. The van der Waals surface area contributed by atoms with Crippen LogP contribution in [0, 0.1) is 0 Å². The Balaban J connectivity index is 1.04. The molecular weight excluding hydrogens is 518 g/mol. The zero-order valence-corrected chi connectivity index (χ0v) is 23.5. The van der Waals surface area contributed by atoms with Gasteiger partial charge in [0.1, 0.15) is 11.5 Å². The van der Waals surface area contributed by atoms with Crippen molar-refractivity contribution in [3.05, 3.63) is 118 Å². The minimum absolute atomic E-state index is 0.0135. The summed E-state index contributed by atoms with van der Waals surface area (Å²) >= 11 is 1.63. The lowest BCUT2D eigenvalue weighted by molar-refractivity contribution is 0.103. The number of carbonyl (C=O) groups excluding carboxylic acids is 1. The Labute approximate surface area is 238 Å². The highest BCUT2D eigenvalue weighted by molar-refractivity contribution is 7.24. The molecule has 1 aromatic heterocycles. The fourth-order valence-electron chi connectivity index (χ4n) is 4.72. The molecule has 0 aliphatic rings. The highest BCUT2D eigenvalue weighted by Gasteiger charge is 2.10. The summed E-state index contributed by atoms with van der Waals surface area (Å²) in [5.74, 6) is 1.52. The first-order chi connectivity index (χ1) is 19.6. The van der Waals surface area contributed by atoms with E-state index in [-0.39, 0.29) is 11.2 Å². The molecule has 0 spiro atoms. The van der Waals surface area contributed by atoms with Crippen molar-refractivity contribution >= 4 is 37.3 Å². The molecule has 0 fully saturated rings. The van der Waals surface area contributed by atoms with Gasteiger partial charge in [-0.25, -0.2) is 0 Å². The Bertz CT molecular complexity index is 1630. The average Bonchev–Trinajstić information content (AvgIpc) is 3.01. The van der Waals surface area contributed by atoms with Gasteiger partial charge in [-0.15, -0.1) is 11.3 Å². The number of carbonyl (C=O) groups is 1. The van der Waals surface area contributed by atoms with Crippen molar-refractivity contribution < 1.29 is 14.3 Å². The Morgan fingerprint density at radius 3 is 2.02 bits per heavy atom. The van der Waals surface area contributed by atoms with Crippen molar-refractivity contribution in [2.24, 2.45) is 0 Å². The maximum Gasteiger partial charge on any atom is 0.196 e. The molecule has 0 amide bonds. The van der Waals surface area contributed by atoms with Gasteiger partial charge < -0.3 is 14.4 Å². The topological polar surface area (TPSA) is 55.8 Å². The van der Waals surface area contributed by atoms with Crippen LogP contribution in [0.15, 0.2) is 102 Å². The summed E-state index contributed by atoms with van der Waals surface area (Å²) in [4.78, 5) is 27.9. The zero-order valence-electron chi connectivity index (χ0n) is 22.7. The molecule has 0 aliphatic carbocycles. The Morgan fingerprint density at radius 2 is 1.30 bits per heavy atom. The minimum Gasteiger partial charge on any atom is -0.494 e. The highest BCUT2D eigenvalue weighted by Crippen LogP contribution is 2.27. The first-order valence-corrected chi connectivity index (χ1v) is 14.6. The molecule has 40 heavy (non-hydrogen) atoms. The molecule has 1 heterocycles. The minimum atomic E-state index is 0.0135. The quantitative estimate of drug-likeness (QED) is 0.0880. The SMILES string of the molecule is CCN(CCCOc1ccc(C(=O)c2ccccc2)cc1)CCCOc1ccc2sc3ccccc3c(=O)c2c1. The molecule has 0 saturated carbocycles. The van der Waals surface area contributed by atoms with Crippen LogP contribution in [-0.2, 0) is 0 Å². The molecule has 204 valence electrons. The van der Waals surface area contributed by atoms with E-state index in [0.717, 1.165) is 58.8 Å². The number of benzene rings is 4. The smallest absolute Gasteiger partial charge is 0.196 e. The lowest BCUT2D eigenvalue weighted by Crippen LogP contribution is -2.27. The molecule has 0 aliphatic heterocycles. The van der Waals surface area contributed by atoms with Crippen molar-refractivity contribution in [3.8, 4) is 11.5 Å². The Kier molecular flexibility index (Phi) is 9.22. The first kappa shape index (κ1) is 27.6. The van der Waals surface area contributed by atoms with E-state index in [1.807, 2.05) is 97.1 Å². The Morgan fingerprint density at radius 1 is 0.700 bits per heavy atom. The lowest BCUT2D eigenvalue weighted by atomic mass is 10.0. The summed E-state index contributed by atoms with van der Waals surface area (Å²) in [6.07, 6.45) is 1.81. The van der Waals surface area contributed by atoms with Crippen molar-refractivity contribution in [2.45, 2.75) is 19.8 Å². The molecule has 0 N–H and O–H groups in total. The van der Waals surface area contributed by atoms with Crippen LogP contribution in [-0.4, -0.2) is 43.5 Å². The number of nitrogens with zero attached hydrogens (tertiary/aromatic N) is 1. The van der Waals surface area contributed by atoms with E-state index in [2.05, 4.69) is 11.8 Å². The van der Waals surface area contributed by atoms with E-state index in [1.165, 1.54) is 0 Å². The second-order valence-electron chi connectivity index (χ2n) is 9.64. The second-order valence-corrected chi connectivity index (χ2v) is 10.7. The van der Waals surface area contributed by atoms with Crippen LogP contribution < -0.4 is 14.9 Å². The highest BCUT2D eigenvalue weighted by atomic mass is 32.1. The van der Waals surface area contributed by atoms with E-state index >= 15 is 0 Å². The maximum atomic E-state index is 12.9. The molecule has 0 bridgehead atoms. The molecule has 0 atom stereocenters. The largest absolute Gasteiger partial charge is 0.494 e. The van der Waals surface area contributed by atoms with Crippen molar-refractivity contribution in [1.82, 2.24) is 4.90 Å². The van der Waals surface area contributed by atoms with Crippen LogP contribution >= 0.6 is 11.3 Å². The van der Waals surface area contributed by atoms with E-state index in [4.69, 9.17) is 9.47 Å². The molecule has 0 unspecified atom stereocenters. The molecule has 5 aromatic rings. The predicted molar refractivity (Wildman–Crippen MR) is 164 cm³/mol. The summed E-state index contributed by atoms with van der Waals surface area (Å²) in [6.45, 7) is 6.20. The third-order valence-corrected chi connectivity index (χ3v) is 8.07. The van der Waals surface area contributed by atoms with Gasteiger partial charge in [0.05, 0.1) is 13.2 Å². The van der Waals surface area contributed by atoms with Crippen molar-refractivity contribution in [3.63, 3.8) is 0 Å². The molecule has 5 nitrogen and oxygen atoms in total. The fourth-order valence-corrected chi connectivity index (χ4v) is 5.77.